The third-order valence-electron chi connectivity index (χ3n) is 3.25. The van der Waals surface area contributed by atoms with Crippen molar-refractivity contribution in [3.05, 3.63) is 24.3 Å². The number of ether oxygens (including phenoxy) is 1. The molecule has 0 aliphatic heterocycles. The van der Waals surface area contributed by atoms with E-state index in [4.69, 9.17) is 10.8 Å². The molecular formula is C13H16F3N3O2. The van der Waals surface area contributed by atoms with Gasteiger partial charge in [-0.2, -0.15) is 0 Å². The molecule has 1 aliphatic carbocycles. The molecule has 0 unspecified atom stereocenters. The lowest BCUT2D eigenvalue weighted by Gasteiger charge is -2.14. The summed E-state index contributed by atoms with van der Waals surface area (Å²) >= 11 is 0. The normalized spacial score (nSPS) is 17.4. The molecule has 0 spiro atoms. The smallest absolute Gasteiger partial charge is 0.404 e. The molecule has 1 aromatic rings. The molecule has 0 atom stereocenters. The Morgan fingerprint density at radius 1 is 1.38 bits per heavy atom. The van der Waals surface area contributed by atoms with Crippen LogP contribution in [-0.4, -0.2) is 30.6 Å². The number of nitrogens with one attached hydrogen (secondary N) is 1. The first-order chi connectivity index (χ1) is 9.84. The summed E-state index contributed by atoms with van der Waals surface area (Å²) < 4.78 is 40.7. The van der Waals surface area contributed by atoms with Crippen molar-refractivity contribution in [3.63, 3.8) is 0 Å². The summed E-state index contributed by atoms with van der Waals surface area (Å²) in [6.07, 6.45) is -3.04. The summed E-state index contributed by atoms with van der Waals surface area (Å²) in [7, 11) is 0. The first kappa shape index (κ1) is 15.4. The second-order valence-corrected chi connectivity index (χ2v) is 5.03. The van der Waals surface area contributed by atoms with E-state index in [0.29, 0.717) is 6.54 Å². The molecule has 0 amide bonds. The number of hydrogen-bond acceptors (Lipinski definition) is 3. The van der Waals surface area contributed by atoms with Gasteiger partial charge in [-0.3, -0.25) is 4.99 Å². The van der Waals surface area contributed by atoms with Gasteiger partial charge in [0.1, 0.15) is 0 Å². The van der Waals surface area contributed by atoms with E-state index in [-0.39, 0.29) is 29.4 Å². The first-order valence-electron chi connectivity index (χ1n) is 6.36. The van der Waals surface area contributed by atoms with E-state index in [2.05, 4.69) is 15.0 Å². The van der Waals surface area contributed by atoms with Crippen LogP contribution in [0.5, 0.6) is 5.75 Å². The predicted molar refractivity (Wildman–Crippen MR) is 72.0 cm³/mol. The summed E-state index contributed by atoms with van der Waals surface area (Å²) in [6.45, 7) is 0.363. The van der Waals surface area contributed by atoms with E-state index in [0.717, 1.165) is 12.8 Å². The zero-order chi connectivity index (χ0) is 15.5. The van der Waals surface area contributed by atoms with Crippen LogP contribution < -0.4 is 15.8 Å². The molecular weight excluding hydrogens is 287 g/mol. The number of nitrogens with two attached hydrogens (primary N) is 1. The quantitative estimate of drug-likeness (QED) is 0.575. The lowest BCUT2D eigenvalue weighted by molar-refractivity contribution is -0.274. The summed E-state index contributed by atoms with van der Waals surface area (Å²) in [6, 6.07) is 5.56. The zero-order valence-electron chi connectivity index (χ0n) is 11.2. The number of halogens is 3. The van der Waals surface area contributed by atoms with Crippen molar-refractivity contribution >= 4 is 11.6 Å². The maximum absolute atomic E-state index is 12.3. The van der Waals surface area contributed by atoms with Crippen LogP contribution in [0.3, 0.4) is 0 Å². The van der Waals surface area contributed by atoms with Crippen molar-refractivity contribution in [2.24, 2.45) is 16.1 Å². The Kier molecular flexibility index (Phi) is 4.26. The third kappa shape index (κ3) is 4.52. The molecule has 0 heterocycles. The number of nitrogens with zero attached hydrogens (tertiary/aromatic N) is 1. The van der Waals surface area contributed by atoms with E-state index in [1.165, 1.54) is 18.2 Å². The van der Waals surface area contributed by atoms with Crippen LogP contribution in [0.25, 0.3) is 0 Å². The average molecular weight is 303 g/mol. The maximum atomic E-state index is 12.3. The lowest BCUT2D eigenvalue weighted by atomic mass is 10.1. The fraction of sp³-hybridized carbons (Fsp3) is 0.462. The van der Waals surface area contributed by atoms with Crippen LogP contribution in [0.4, 0.5) is 18.9 Å². The summed E-state index contributed by atoms with van der Waals surface area (Å²) in [4.78, 5) is 4.05. The van der Waals surface area contributed by atoms with Crippen molar-refractivity contribution < 1.29 is 23.0 Å². The molecule has 1 aromatic carbocycles. The average Bonchev–Trinajstić information content (AvgIpc) is 3.18. The van der Waals surface area contributed by atoms with Gasteiger partial charge in [0.15, 0.2) is 11.7 Å². The number of para-hydroxylation sites is 2. The first-order valence-corrected chi connectivity index (χ1v) is 6.36. The van der Waals surface area contributed by atoms with E-state index in [1.54, 1.807) is 6.07 Å². The summed E-state index contributed by atoms with van der Waals surface area (Å²) in [5, 5.41) is 11.7. The van der Waals surface area contributed by atoms with E-state index >= 15 is 0 Å². The molecule has 5 nitrogen and oxygen atoms in total. The van der Waals surface area contributed by atoms with E-state index < -0.39 is 6.36 Å². The lowest BCUT2D eigenvalue weighted by Crippen LogP contribution is -2.26. The van der Waals surface area contributed by atoms with Crippen molar-refractivity contribution in [2.75, 3.05) is 18.5 Å². The minimum atomic E-state index is -4.78. The maximum Gasteiger partial charge on any atom is 0.573 e. The van der Waals surface area contributed by atoms with E-state index in [9.17, 15) is 13.2 Å². The highest BCUT2D eigenvalue weighted by Gasteiger charge is 2.41. The van der Waals surface area contributed by atoms with Crippen LogP contribution in [0.15, 0.2) is 29.3 Å². The second-order valence-electron chi connectivity index (χ2n) is 5.03. The molecule has 1 aliphatic rings. The Morgan fingerprint density at radius 3 is 2.62 bits per heavy atom. The fourth-order valence-electron chi connectivity index (χ4n) is 1.76. The Balaban J connectivity index is 2.03. The Hall–Kier alpha value is -1.96. The van der Waals surface area contributed by atoms with Gasteiger partial charge in [0.05, 0.1) is 18.8 Å². The molecule has 1 fully saturated rings. The minimum absolute atomic E-state index is 0.0204. The molecule has 21 heavy (non-hydrogen) atoms. The second kappa shape index (κ2) is 5.80. The van der Waals surface area contributed by atoms with Crippen LogP contribution in [0, 0.1) is 5.41 Å². The highest BCUT2D eigenvalue weighted by molar-refractivity contribution is 5.93. The third-order valence-corrected chi connectivity index (χ3v) is 3.25. The highest BCUT2D eigenvalue weighted by Crippen LogP contribution is 2.45. The Labute approximate surface area is 119 Å². The topological polar surface area (TPSA) is 79.9 Å². The predicted octanol–water partition coefficient (Wildman–Crippen LogP) is 2.08. The number of aliphatic hydroxyl groups excluding tert-OH is 1. The number of hydrogen-bond donors (Lipinski definition) is 3. The van der Waals surface area contributed by atoms with Gasteiger partial charge in [0.2, 0.25) is 0 Å². The molecule has 1 saturated carbocycles. The number of guanidine groups is 1. The summed E-state index contributed by atoms with van der Waals surface area (Å²) in [5.74, 6) is -0.403. The number of benzene rings is 1. The monoisotopic (exact) mass is 303 g/mol. The van der Waals surface area contributed by atoms with Gasteiger partial charge >= 0.3 is 6.36 Å². The van der Waals surface area contributed by atoms with Crippen molar-refractivity contribution in [2.45, 2.75) is 19.2 Å². The van der Waals surface area contributed by atoms with Crippen LogP contribution in [0.1, 0.15) is 12.8 Å². The van der Waals surface area contributed by atoms with Crippen LogP contribution >= 0.6 is 0 Å². The number of anilines is 1. The fourth-order valence-corrected chi connectivity index (χ4v) is 1.76. The van der Waals surface area contributed by atoms with Crippen LogP contribution in [0.2, 0.25) is 0 Å². The molecule has 2 rings (SSSR count). The Bertz CT molecular complexity index is 528. The molecule has 0 radical (unpaired) electrons. The van der Waals surface area contributed by atoms with Gasteiger partial charge in [0.25, 0.3) is 0 Å². The largest absolute Gasteiger partial charge is 0.573 e. The van der Waals surface area contributed by atoms with Gasteiger partial charge in [-0.15, -0.1) is 13.2 Å². The molecule has 0 bridgehead atoms. The molecule has 116 valence electrons. The SMILES string of the molecule is NC(=NCC1(CO)CC1)Nc1ccccc1OC(F)(F)F. The number of rotatable bonds is 5. The van der Waals surface area contributed by atoms with Crippen LogP contribution in [-0.2, 0) is 0 Å². The van der Waals surface area contributed by atoms with Gasteiger partial charge < -0.3 is 20.9 Å². The number of aliphatic imine (C=N–C) groups is 1. The molecule has 0 aromatic heterocycles. The van der Waals surface area contributed by atoms with Gasteiger partial charge in [0, 0.05) is 5.41 Å². The number of alkyl halides is 3. The zero-order valence-corrected chi connectivity index (χ0v) is 11.2. The Morgan fingerprint density at radius 2 is 2.05 bits per heavy atom. The van der Waals surface area contributed by atoms with Crippen molar-refractivity contribution in [3.8, 4) is 5.75 Å². The molecule has 8 heteroatoms. The van der Waals surface area contributed by atoms with Crippen molar-refractivity contribution in [1.29, 1.82) is 0 Å². The van der Waals surface area contributed by atoms with Gasteiger partial charge in [-0.25, -0.2) is 0 Å². The number of aliphatic hydroxyl groups is 1. The highest BCUT2D eigenvalue weighted by atomic mass is 19.4. The van der Waals surface area contributed by atoms with Gasteiger partial charge in [-0.05, 0) is 25.0 Å². The molecule has 4 N–H and O–H groups in total. The molecule has 0 saturated heterocycles. The van der Waals surface area contributed by atoms with E-state index in [1.807, 2.05) is 0 Å². The minimum Gasteiger partial charge on any atom is -0.404 e. The summed E-state index contributed by atoms with van der Waals surface area (Å²) in [5.41, 5.74) is 5.51. The van der Waals surface area contributed by atoms with Gasteiger partial charge in [-0.1, -0.05) is 12.1 Å². The van der Waals surface area contributed by atoms with Crippen molar-refractivity contribution in [1.82, 2.24) is 0 Å². The standard InChI is InChI=1S/C13H16F3N3O2/c14-13(15,16)21-10-4-2-1-3-9(10)19-11(17)18-7-12(8-20)5-6-12/h1-4,20H,5-8H2,(H3,17,18,19).